The first-order valence-corrected chi connectivity index (χ1v) is 6.59. The molecule has 1 aromatic carbocycles. The minimum absolute atomic E-state index is 0.0828. The third-order valence-corrected chi connectivity index (χ3v) is 2.92. The first kappa shape index (κ1) is 15.2. The van der Waals surface area contributed by atoms with Gasteiger partial charge in [0.25, 0.3) is 0 Å². The molecule has 0 aliphatic carbocycles. The fraction of sp³-hybridized carbons (Fsp3) is 0.467. The number of rotatable bonds is 4. The van der Waals surface area contributed by atoms with Crippen LogP contribution in [-0.2, 0) is 0 Å². The van der Waals surface area contributed by atoms with Gasteiger partial charge in [0.2, 0.25) is 0 Å². The van der Waals surface area contributed by atoms with Crippen LogP contribution < -0.4 is 5.32 Å². The van der Waals surface area contributed by atoms with Gasteiger partial charge in [0.05, 0.1) is 5.02 Å². The summed E-state index contributed by atoms with van der Waals surface area (Å²) in [5.74, 6) is -0.371. The van der Waals surface area contributed by atoms with E-state index in [1.54, 1.807) is 6.07 Å². The highest BCUT2D eigenvalue weighted by Gasteiger charge is 2.09. The molecule has 0 saturated heterocycles. The monoisotopic (exact) mass is 269 g/mol. The summed E-state index contributed by atoms with van der Waals surface area (Å²) in [6, 6.07) is 4.89. The maximum absolute atomic E-state index is 13.3. The molecule has 0 heterocycles. The fourth-order valence-electron chi connectivity index (χ4n) is 1.49. The summed E-state index contributed by atoms with van der Waals surface area (Å²) < 4.78 is 13.3. The molecule has 1 nitrogen and oxygen atoms in total. The molecule has 1 N–H and O–H groups in total. The van der Waals surface area contributed by atoms with Gasteiger partial charge in [-0.15, -0.1) is 0 Å². The van der Waals surface area contributed by atoms with Gasteiger partial charge in [-0.3, -0.25) is 0 Å². The summed E-state index contributed by atoms with van der Waals surface area (Å²) >= 11 is 5.66. The summed E-state index contributed by atoms with van der Waals surface area (Å²) in [6.45, 7) is 9.29. The Kier molecular flexibility index (Phi) is 5.36. The van der Waals surface area contributed by atoms with Crippen molar-refractivity contribution in [1.29, 1.82) is 0 Å². The molecule has 0 fully saturated rings. The summed E-state index contributed by atoms with van der Waals surface area (Å²) in [4.78, 5) is 0. The lowest BCUT2D eigenvalue weighted by Crippen LogP contribution is -2.36. The van der Waals surface area contributed by atoms with E-state index >= 15 is 0 Å². The number of hydrogen-bond donors (Lipinski definition) is 1. The maximum atomic E-state index is 13.3. The van der Waals surface area contributed by atoms with E-state index in [4.69, 9.17) is 11.6 Å². The molecule has 0 saturated carbocycles. The van der Waals surface area contributed by atoms with Crippen LogP contribution in [0.5, 0.6) is 0 Å². The van der Waals surface area contributed by atoms with Crippen molar-refractivity contribution in [1.82, 2.24) is 5.32 Å². The molecule has 0 atom stereocenters. The summed E-state index contributed by atoms with van der Waals surface area (Å²) in [6.07, 6.45) is 2.95. The largest absolute Gasteiger partial charge is 0.308 e. The predicted molar refractivity (Wildman–Crippen MR) is 77.4 cm³/mol. The SMILES string of the molecule is CCC(=Cc1ccc(Cl)c(F)c1)CNC(C)(C)C. The molecule has 0 amide bonds. The molecule has 0 unspecified atom stereocenters. The van der Waals surface area contributed by atoms with Crippen LogP contribution in [0.3, 0.4) is 0 Å². The second-order valence-corrected chi connectivity index (χ2v) is 5.84. The summed E-state index contributed by atoms with van der Waals surface area (Å²) in [5.41, 5.74) is 2.18. The second-order valence-electron chi connectivity index (χ2n) is 5.43. The second kappa shape index (κ2) is 6.35. The van der Waals surface area contributed by atoms with Crippen molar-refractivity contribution < 1.29 is 4.39 Å². The van der Waals surface area contributed by atoms with Gasteiger partial charge in [-0.2, -0.15) is 0 Å². The smallest absolute Gasteiger partial charge is 0.142 e. The van der Waals surface area contributed by atoms with E-state index in [1.165, 1.54) is 11.6 Å². The first-order valence-electron chi connectivity index (χ1n) is 6.21. The molecule has 0 aliphatic rings. The quantitative estimate of drug-likeness (QED) is 0.838. The van der Waals surface area contributed by atoms with Crippen molar-refractivity contribution in [3.63, 3.8) is 0 Å². The topological polar surface area (TPSA) is 12.0 Å². The lowest BCUT2D eigenvalue weighted by atomic mass is 10.1. The van der Waals surface area contributed by atoms with E-state index in [9.17, 15) is 4.39 Å². The van der Waals surface area contributed by atoms with Crippen molar-refractivity contribution >= 4 is 17.7 Å². The van der Waals surface area contributed by atoms with Crippen LogP contribution in [0.4, 0.5) is 4.39 Å². The highest BCUT2D eigenvalue weighted by atomic mass is 35.5. The Bertz CT molecular complexity index is 433. The van der Waals surface area contributed by atoms with Crippen LogP contribution in [0.25, 0.3) is 6.08 Å². The molecule has 100 valence electrons. The maximum Gasteiger partial charge on any atom is 0.142 e. The molecule has 0 spiro atoms. The van der Waals surface area contributed by atoms with Crippen LogP contribution in [-0.4, -0.2) is 12.1 Å². The molecule has 0 bridgehead atoms. The third kappa shape index (κ3) is 5.19. The molecule has 18 heavy (non-hydrogen) atoms. The number of halogens is 2. The van der Waals surface area contributed by atoms with Gasteiger partial charge in [0, 0.05) is 12.1 Å². The van der Waals surface area contributed by atoms with E-state index in [2.05, 4.69) is 33.0 Å². The molecule has 1 rings (SSSR count). The zero-order valence-electron chi connectivity index (χ0n) is 11.5. The van der Waals surface area contributed by atoms with E-state index in [1.807, 2.05) is 12.1 Å². The van der Waals surface area contributed by atoms with Crippen molar-refractivity contribution in [2.45, 2.75) is 39.7 Å². The minimum Gasteiger partial charge on any atom is -0.308 e. The highest BCUT2D eigenvalue weighted by Crippen LogP contribution is 2.18. The number of hydrogen-bond acceptors (Lipinski definition) is 1. The van der Waals surface area contributed by atoms with E-state index in [0.717, 1.165) is 18.5 Å². The standard InChI is InChI=1S/C15H21ClFN/c1-5-11(10-18-15(2,3)4)8-12-6-7-13(16)14(17)9-12/h6-9,18H,5,10H2,1-4H3. The normalized spacial score (nSPS) is 12.9. The Morgan fingerprint density at radius 2 is 2.06 bits per heavy atom. The number of nitrogens with one attached hydrogen (secondary N) is 1. The Hall–Kier alpha value is -0.860. The zero-order valence-corrected chi connectivity index (χ0v) is 12.2. The molecule has 0 aromatic heterocycles. The van der Waals surface area contributed by atoms with Gasteiger partial charge in [-0.05, 0) is 44.9 Å². The number of benzene rings is 1. The molecule has 0 radical (unpaired) electrons. The molecular weight excluding hydrogens is 249 g/mol. The van der Waals surface area contributed by atoms with Crippen LogP contribution in [0, 0.1) is 5.82 Å². The first-order chi connectivity index (χ1) is 8.31. The summed E-state index contributed by atoms with van der Waals surface area (Å²) in [7, 11) is 0. The molecule has 3 heteroatoms. The van der Waals surface area contributed by atoms with Crippen LogP contribution in [0.2, 0.25) is 5.02 Å². The van der Waals surface area contributed by atoms with Gasteiger partial charge in [0.15, 0.2) is 0 Å². The van der Waals surface area contributed by atoms with Gasteiger partial charge >= 0.3 is 0 Å². The van der Waals surface area contributed by atoms with Crippen LogP contribution in [0.15, 0.2) is 23.8 Å². The average molecular weight is 270 g/mol. The Labute approximate surface area is 114 Å². The zero-order chi connectivity index (χ0) is 13.8. The Morgan fingerprint density at radius 1 is 1.39 bits per heavy atom. The van der Waals surface area contributed by atoms with Crippen LogP contribution >= 0.6 is 11.6 Å². The summed E-state index contributed by atoms with van der Waals surface area (Å²) in [5, 5.41) is 3.60. The molecule has 0 aliphatic heterocycles. The van der Waals surface area contributed by atoms with Gasteiger partial charge < -0.3 is 5.32 Å². The van der Waals surface area contributed by atoms with Gasteiger partial charge in [-0.1, -0.05) is 36.2 Å². The van der Waals surface area contributed by atoms with E-state index in [0.29, 0.717) is 0 Å². The minimum atomic E-state index is -0.371. The average Bonchev–Trinajstić information content (AvgIpc) is 2.28. The third-order valence-electron chi connectivity index (χ3n) is 2.61. The van der Waals surface area contributed by atoms with Gasteiger partial charge in [0.1, 0.15) is 5.82 Å². The Morgan fingerprint density at radius 3 is 2.56 bits per heavy atom. The molecule has 1 aromatic rings. The van der Waals surface area contributed by atoms with Gasteiger partial charge in [-0.25, -0.2) is 4.39 Å². The van der Waals surface area contributed by atoms with Crippen LogP contribution in [0.1, 0.15) is 39.7 Å². The predicted octanol–water partition coefficient (Wildman–Crippen LogP) is 4.66. The van der Waals surface area contributed by atoms with E-state index in [-0.39, 0.29) is 16.4 Å². The van der Waals surface area contributed by atoms with Crippen molar-refractivity contribution in [2.75, 3.05) is 6.54 Å². The van der Waals surface area contributed by atoms with E-state index < -0.39 is 0 Å². The fourth-order valence-corrected chi connectivity index (χ4v) is 1.61. The lowest BCUT2D eigenvalue weighted by Gasteiger charge is -2.21. The van der Waals surface area contributed by atoms with Crippen molar-refractivity contribution in [3.8, 4) is 0 Å². The molecular formula is C15H21ClFN. The van der Waals surface area contributed by atoms with Crippen molar-refractivity contribution in [2.24, 2.45) is 0 Å². The Balaban J connectivity index is 2.80. The van der Waals surface area contributed by atoms with Crippen molar-refractivity contribution in [3.05, 3.63) is 40.2 Å². The lowest BCUT2D eigenvalue weighted by molar-refractivity contribution is 0.443. The highest BCUT2D eigenvalue weighted by molar-refractivity contribution is 6.30.